The summed E-state index contributed by atoms with van der Waals surface area (Å²) in [5, 5.41) is 6.83. The highest BCUT2D eigenvalue weighted by Crippen LogP contribution is 2.17. The van der Waals surface area contributed by atoms with Crippen molar-refractivity contribution in [1.29, 1.82) is 0 Å². The molecule has 1 N–H and O–H groups in total. The van der Waals surface area contributed by atoms with E-state index in [0.29, 0.717) is 11.4 Å². The summed E-state index contributed by atoms with van der Waals surface area (Å²) in [6.45, 7) is 1.00. The Bertz CT molecular complexity index is 609. The third-order valence-electron chi connectivity index (χ3n) is 2.74. The van der Waals surface area contributed by atoms with Crippen molar-refractivity contribution in [3.8, 4) is 5.75 Å². The number of halogens is 2. The Labute approximate surface area is 120 Å². The Morgan fingerprint density at radius 2 is 1.90 bits per heavy atom. The molecule has 21 heavy (non-hydrogen) atoms. The number of ether oxygens (including phenoxy) is 1. The largest absolute Gasteiger partial charge is 0.435 e. The van der Waals surface area contributed by atoms with Crippen LogP contribution >= 0.6 is 0 Å². The van der Waals surface area contributed by atoms with Gasteiger partial charge in [-0.1, -0.05) is 0 Å². The number of nitrogens with zero attached hydrogens (tertiary/aromatic N) is 2. The molecular formula is C14H15F2N3O2. The number of nitrogens with one attached hydrogen (secondary N) is 1. The summed E-state index contributed by atoms with van der Waals surface area (Å²) in [5.41, 5.74) is 0.341. The van der Waals surface area contributed by atoms with Crippen molar-refractivity contribution < 1.29 is 18.3 Å². The number of hydrogen-bond acceptors (Lipinski definition) is 3. The summed E-state index contributed by atoms with van der Waals surface area (Å²) in [6, 6.07) is 7.28. The second-order valence-corrected chi connectivity index (χ2v) is 4.61. The highest BCUT2D eigenvalue weighted by Gasteiger charge is 2.12. The van der Waals surface area contributed by atoms with Crippen molar-refractivity contribution in [2.75, 3.05) is 5.32 Å². The van der Waals surface area contributed by atoms with Crippen molar-refractivity contribution in [3.05, 3.63) is 42.1 Å². The zero-order valence-corrected chi connectivity index (χ0v) is 11.6. The van der Waals surface area contributed by atoms with Crippen LogP contribution in [0.5, 0.6) is 5.75 Å². The molecule has 0 radical (unpaired) electrons. The van der Waals surface area contributed by atoms with E-state index in [1.54, 1.807) is 16.9 Å². The molecule has 1 aromatic carbocycles. The maximum absolute atomic E-state index is 12.1. The molecule has 2 aromatic rings. The molecule has 0 saturated carbocycles. The van der Waals surface area contributed by atoms with Crippen molar-refractivity contribution in [1.82, 2.24) is 9.78 Å². The van der Waals surface area contributed by atoms with E-state index in [4.69, 9.17) is 0 Å². The van der Waals surface area contributed by atoms with Gasteiger partial charge >= 0.3 is 6.61 Å². The minimum absolute atomic E-state index is 0.00812. The molecular weight excluding hydrogens is 280 g/mol. The second kappa shape index (κ2) is 6.34. The third-order valence-corrected chi connectivity index (χ3v) is 2.74. The van der Waals surface area contributed by atoms with E-state index in [0.717, 1.165) is 0 Å². The molecule has 1 amide bonds. The lowest BCUT2D eigenvalue weighted by Gasteiger charge is -2.12. The molecule has 0 saturated heterocycles. The number of benzene rings is 1. The Morgan fingerprint density at radius 3 is 2.48 bits per heavy atom. The van der Waals surface area contributed by atoms with Gasteiger partial charge in [0.15, 0.2) is 0 Å². The van der Waals surface area contributed by atoms with Gasteiger partial charge in [0, 0.05) is 17.7 Å². The van der Waals surface area contributed by atoms with Gasteiger partial charge in [-0.3, -0.25) is 4.79 Å². The zero-order valence-electron chi connectivity index (χ0n) is 11.6. The molecule has 0 aliphatic rings. The van der Waals surface area contributed by atoms with Crippen LogP contribution in [-0.4, -0.2) is 22.3 Å². The van der Waals surface area contributed by atoms with Gasteiger partial charge in [0.05, 0.1) is 6.20 Å². The van der Waals surface area contributed by atoms with Crippen LogP contribution in [0.1, 0.15) is 30.2 Å². The molecule has 0 aliphatic heterocycles. The average Bonchev–Trinajstić information content (AvgIpc) is 2.87. The minimum Gasteiger partial charge on any atom is -0.435 e. The molecule has 112 valence electrons. The topological polar surface area (TPSA) is 56.2 Å². The number of anilines is 1. The number of alkyl halides is 2. The number of rotatable bonds is 5. The van der Waals surface area contributed by atoms with E-state index in [1.807, 2.05) is 13.8 Å². The van der Waals surface area contributed by atoms with Crippen molar-refractivity contribution in [3.63, 3.8) is 0 Å². The van der Waals surface area contributed by atoms with Crippen molar-refractivity contribution >= 4 is 11.7 Å². The first-order valence-electron chi connectivity index (χ1n) is 6.37. The summed E-state index contributed by atoms with van der Waals surface area (Å²) in [5.74, 6) is 0.234. The smallest absolute Gasteiger partial charge is 0.387 e. The standard InChI is InChI=1S/C14H15F2N3O2/c1-9(2)19-12(7-8-17-19)18-13(20)10-3-5-11(6-4-10)21-14(15)16/h3-9,14H,1-2H3,(H,18,20). The average molecular weight is 295 g/mol. The normalized spacial score (nSPS) is 11.0. The molecule has 0 unspecified atom stereocenters. The maximum Gasteiger partial charge on any atom is 0.387 e. The summed E-state index contributed by atoms with van der Waals surface area (Å²) < 4.78 is 30.0. The summed E-state index contributed by atoms with van der Waals surface area (Å²) >= 11 is 0. The highest BCUT2D eigenvalue weighted by atomic mass is 19.3. The van der Waals surface area contributed by atoms with Crippen LogP contribution in [0.3, 0.4) is 0 Å². The molecule has 2 rings (SSSR count). The van der Waals surface area contributed by atoms with Gasteiger partial charge in [-0.25, -0.2) is 4.68 Å². The molecule has 0 atom stereocenters. The van der Waals surface area contributed by atoms with Gasteiger partial charge in [-0.05, 0) is 38.1 Å². The molecule has 0 bridgehead atoms. The number of carbonyl (C=O) groups excluding carboxylic acids is 1. The zero-order chi connectivity index (χ0) is 15.4. The number of carbonyl (C=O) groups is 1. The van der Waals surface area contributed by atoms with E-state index in [9.17, 15) is 13.6 Å². The van der Waals surface area contributed by atoms with E-state index in [-0.39, 0.29) is 17.7 Å². The fourth-order valence-electron chi connectivity index (χ4n) is 1.80. The molecule has 0 aliphatic carbocycles. The number of hydrogen-bond donors (Lipinski definition) is 1. The molecule has 5 nitrogen and oxygen atoms in total. The Balaban J connectivity index is 2.08. The van der Waals surface area contributed by atoms with Crippen LogP contribution in [0.15, 0.2) is 36.5 Å². The first-order chi connectivity index (χ1) is 9.97. The SMILES string of the molecule is CC(C)n1nccc1NC(=O)c1ccc(OC(F)F)cc1. The second-order valence-electron chi connectivity index (χ2n) is 4.61. The molecule has 7 heteroatoms. The van der Waals surface area contributed by atoms with Crippen LogP contribution < -0.4 is 10.1 Å². The van der Waals surface area contributed by atoms with Gasteiger partial charge in [-0.2, -0.15) is 13.9 Å². The highest BCUT2D eigenvalue weighted by molar-refractivity contribution is 6.03. The number of aromatic nitrogens is 2. The fraction of sp³-hybridized carbons (Fsp3) is 0.286. The van der Waals surface area contributed by atoms with Crippen LogP contribution in [0.2, 0.25) is 0 Å². The van der Waals surface area contributed by atoms with Gasteiger partial charge in [-0.15, -0.1) is 0 Å². The maximum atomic E-state index is 12.1. The van der Waals surface area contributed by atoms with Crippen LogP contribution in [0.4, 0.5) is 14.6 Å². The number of amides is 1. The van der Waals surface area contributed by atoms with Crippen molar-refractivity contribution in [2.45, 2.75) is 26.5 Å². The Kier molecular flexibility index (Phi) is 4.52. The van der Waals surface area contributed by atoms with Crippen molar-refractivity contribution in [2.24, 2.45) is 0 Å². The first kappa shape index (κ1) is 15.0. The lowest BCUT2D eigenvalue weighted by Crippen LogP contribution is -2.16. The third kappa shape index (κ3) is 3.77. The molecule has 1 heterocycles. The van der Waals surface area contributed by atoms with E-state index in [1.165, 1.54) is 24.3 Å². The van der Waals surface area contributed by atoms with E-state index >= 15 is 0 Å². The fourth-order valence-corrected chi connectivity index (χ4v) is 1.80. The van der Waals surface area contributed by atoms with E-state index in [2.05, 4.69) is 15.2 Å². The molecule has 0 spiro atoms. The Hall–Kier alpha value is -2.44. The van der Waals surface area contributed by atoms with Crippen LogP contribution in [0.25, 0.3) is 0 Å². The molecule has 1 aromatic heterocycles. The van der Waals surface area contributed by atoms with Crippen LogP contribution in [-0.2, 0) is 0 Å². The predicted molar refractivity (Wildman–Crippen MR) is 73.6 cm³/mol. The Morgan fingerprint density at radius 1 is 1.24 bits per heavy atom. The molecule has 0 fully saturated rings. The summed E-state index contributed by atoms with van der Waals surface area (Å²) in [7, 11) is 0. The van der Waals surface area contributed by atoms with Gasteiger partial charge in [0.2, 0.25) is 0 Å². The minimum atomic E-state index is -2.88. The predicted octanol–water partition coefficient (Wildman–Crippen LogP) is 3.32. The lowest BCUT2D eigenvalue weighted by atomic mass is 10.2. The lowest BCUT2D eigenvalue weighted by molar-refractivity contribution is -0.0498. The summed E-state index contributed by atoms with van der Waals surface area (Å²) in [4.78, 5) is 12.1. The first-order valence-corrected chi connectivity index (χ1v) is 6.37. The van der Waals surface area contributed by atoms with Gasteiger partial charge in [0.1, 0.15) is 11.6 Å². The van der Waals surface area contributed by atoms with E-state index < -0.39 is 6.61 Å². The van der Waals surface area contributed by atoms with Crippen LogP contribution in [0, 0.1) is 0 Å². The van der Waals surface area contributed by atoms with Gasteiger partial charge in [0.25, 0.3) is 5.91 Å². The monoisotopic (exact) mass is 295 g/mol. The quantitative estimate of drug-likeness (QED) is 0.920. The van der Waals surface area contributed by atoms with Gasteiger partial charge < -0.3 is 10.1 Å². The summed E-state index contributed by atoms with van der Waals surface area (Å²) in [6.07, 6.45) is 1.59.